The summed E-state index contributed by atoms with van der Waals surface area (Å²) in [5.74, 6) is -1.10. The molecule has 0 saturated heterocycles. The van der Waals surface area contributed by atoms with E-state index in [1.807, 2.05) is 0 Å². The summed E-state index contributed by atoms with van der Waals surface area (Å²) >= 11 is 0. The van der Waals surface area contributed by atoms with Crippen molar-refractivity contribution in [1.82, 2.24) is 10.0 Å². The minimum Gasteiger partial charge on any atom is -0.481 e. The number of nitrogens with one attached hydrogen (secondary N) is 2. The number of carboxylic acids is 1. The standard InChI is InChI=1S/C16H18N2O6S/c1-11-4-5-13(9-14(11)16(21)17-7-6-15(19)20)25(22,23)18-10-12-3-2-8-24-12/h2-5,8-9,18H,6-7,10H2,1H3,(H,17,21)(H,19,20). The Morgan fingerprint density at radius 2 is 2.00 bits per heavy atom. The average Bonchev–Trinajstić information content (AvgIpc) is 3.06. The van der Waals surface area contributed by atoms with Crippen LogP contribution in [0.25, 0.3) is 0 Å². The lowest BCUT2D eigenvalue weighted by Gasteiger charge is -2.10. The van der Waals surface area contributed by atoms with E-state index in [4.69, 9.17) is 9.52 Å². The smallest absolute Gasteiger partial charge is 0.305 e. The number of carboxylic acid groups (broad SMARTS) is 1. The van der Waals surface area contributed by atoms with E-state index in [1.54, 1.807) is 19.1 Å². The van der Waals surface area contributed by atoms with E-state index in [-0.39, 0.29) is 30.0 Å². The number of hydrogen-bond donors (Lipinski definition) is 3. The van der Waals surface area contributed by atoms with E-state index < -0.39 is 21.9 Å². The van der Waals surface area contributed by atoms with Gasteiger partial charge in [-0.25, -0.2) is 13.1 Å². The van der Waals surface area contributed by atoms with Crippen LogP contribution in [0, 0.1) is 6.92 Å². The van der Waals surface area contributed by atoms with E-state index in [0.29, 0.717) is 11.3 Å². The lowest BCUT2D eigenvalue weighted by Crippen LogP contribution is -2.27. The topological polar surface area (TPSA) is 126 Å². The molecule has 2 rings (SSSR count). The van der Waals surface area contributed by atoms with Crippen LogP contribution in [-0.2, 0) is 21.4 Å². The Labute approximate surface area is 144 Å². The molecule has 8 nitrogen and oxygen atoms in total. The maximum Gasteiger partial charge on any atom is 0.305 e. The molecule has 0 atom stereocenters. The van der Waals surface area contributed by atoms with Crippen LogP contribution in [0.1, 0.15) is 28.1 Å². The van der Waals surface area contributed by atoms with Gasteiger partial charge in [0.2, 0.25) is 10.0 Å². The summed E-state index contributed by atoms with van der Waals surface area (Å²) in [5.41, 5.74) is 0.754. The third kappa shape index (κ3) is 5.16. The first-order valence-corrected chi connectivity index (χ1v) is 8.90. The van der Waals surface area contributed by atoms with Gasteiger partial charge in [0.15, 0.2) is 0 Å². The highest BCUT2D eigenvalue weighted by molar-refractivity contribution is 7.89. The molecule has 0 aliphatic heterocycles. The molecule has 0 aliphatic rings. The molecule has 0 saturated carbocycles. The molecule has 2 aromatic rings. The van der Waals surface area contributed by atoms with Crippen molar-refractivity contribution in [3.63, 3.8) is 0 Å². The second kappa shape index (κ2) is 7.95. The quantitative estimate of drug-likeness (QED) is 0.646. The summed E-state index contributed by atoms with van der Waals surface area (Å²) in [5, 5.41) is 11.0. The molecule has 0 unspecified atom stereocenters. The van der Waals surface area contributed by atoms with Gasteiger partial charge >= 0.3 is 5.97 Å². The fraction of sp³-hybridized carbons (Fsp3) is 0.250. The van der Waals surface area contributed by atoms with E-state index >= 15 is 0 Å². The minimum atomic E-state index is -3.83. The van der Waals surface area contributed by atoms with Crippen molar-refractivity contribution in [1.29, 1.82) is 0 Å². The number of aliphatic carboxylic acids is 1. The Bertz CT molecular complexity index is 859. The number of hydrogen-bond acceptors (Lipinski definition) is 5. The molecule has 0 fully saturated rings. The number of sulfonamides is 1. The van der Waals surface area contributed by atoms with Crippen molar-refractivity contribution in [2.75, 3.05) is 6.54 Å². The van der Waals surface area contributed by atoms with E-state index in [2.05, 4.69) is 10.0 Å². The molecule has 1 aromatic carbocycles. The molecule has 1 amide bonds. The Hall–Kier alpha value is -2.65. The molecule has 0 aliphatic carbocycles. The molecule has 9 heteroatoms. The summed E-state index contributed by atoms with van der Waals surface area (Å²) in [4.78, 5) is 22.6. The van der Waals surface area contributed by atoms with Crippen molar-refractivity contribution in [3.8, 4) is 0 Å². The van der Waals surface area contributed by atoms with Crippen molar-refractivity contribution in [3.05, 3.63) is 53.5 Å². The van der Waals surface area contributed by atoms with Crippen LogP contribution in [0.4, 0.5) is 0 Å². The van der Waals surface area contributed by atoms with Crippen molar-refractivity contribution < 1.29 is 27.5 Å². The van der Waals surface area contributed by atoms with Crippen LogP contribution in [-0.4, -0.2) is 31.9 Å². The Balaban J connectivity index is 2.13. The van der Waals surface area contributed by atoms with Gasteiger partial charge in [-0.1, -0.05) is 6.07 Å². The Kier molecular flexibility index (Phi) is 5.94. The molecule has 0 radical (unpaired) electrons. The second-order valence-corrected chi connectivity index (χ2v) is 7.05. The van der Waals surface area contributed by atoms with Crippen molar-refractivity contribution >= 4 is 21.9 Å². The summed E-state index contributed by atoms with van der Waals surface area (Å²) < 4.78 is 32.2. The van der Waals surface area contributed by atoms with E-state index in [0.717, 1.165) is 0 Å². The predicted molar refractivity (Wildman–Crippen MR) is 88.5 cm³/mol. The maximum atomic E-state index is 12.4. The van der Waals surface area contributed by atoms with Crippen LogP contribution < -0.4 is 10.0 Å². The normalized spacial score (nSPS) is 11.2. The zero-order chi connectivity index (χ0) is 18.4. The number of furan rings is 1. The summed E-state index contributed by atoms with van der Waals surface area (Å²) in [6, 6.07) is 7.46. The van der Waals surface area contributed by atoms with E-state index in [1.165, 1.54) is 24.5 Å². The lowest BCUT2D eigenvalue weighted by atomic mass is 10.1. The van der Waals surface area contributed by atoms with Crippen molar-refractivity contribution in [2.45, 2.75) is 24.8 Å². The van der Waals surface area contributed by atoms with Crippen molar-refractivity contribution in [2.24, 2.45) is 0 Å². The number of aryl methyl sites for hydroxylation is 1. The van der Waals surface area contributed by atoms with Gasteiger partial charge in [-0.3, -0.25) is 9.59 Å². The molecule has 25 heavy (non-hydrogen) atoms. The second-order valence-electron chi connectivity index (χ2n) is 5.28. The van der Waals surface area contributed by atoms with Gasteiger partial charge < -0.3 is 14.8 Å². The van der Waals surface area contributed by atoms with Crippen LogP contribution in [0.3, 0.4) is 0 Å². The zero-order valence-corrected chi connectivity index (χ0v) is 14.3. The SMILES string of the molecule is Cc1ccc(S(=O)(=O)NCc2ccco2)cc1C(=O)NCCC(=O)O. The summed E-state index contributed by atoms with van der Waals surface area (Å²) in [7, 11) is -3.83. The van der Waals surface area contributed by atoms with Crippen LogP contribution >= 0.6 is 0 Å². The van der Waals surface area contributed by atoms with Gasteiger partial charge in [-0.2, -0.15) is 0 Å². The fourth-order valence-electron chi connectivity index (χ4n) is 2.05. The first-order valence-electron chi connectivity index (χ1n) is 7.42. The molecule has 3 N–H and O–H groups in total. The summed E-state index contributed by atoms with van der Waals surface area (Å²) in [6.07, 6.45) is 1.22. The number of amides is 1. The van der Waals surface area contributed by atoms with E-state index in [9.17, 15) is 18.0 Å². The number of benzene rings is 1. The maximum absolute atomic E-state index is 12.4. The van der Waals surface area contributed by atoms with Gasteiger partial charge in [-0.05, 0) is 36.8 Å². The fourth-order valence-corrected chi connectivity index (χ4v) is 3.07. The monoisotopic (exact) mass is 366 g/mol. The van der Waals surface area contributed by atoms with Gasteiger partial charge in [0.05, 0.1) is 24.1 Å². The number of rotatable bonds is 8. The Morgan fingerprint density at radius 3 is 2.64 bits per heavy atom. The molecule has 134 valence electrons. The van der Waals surface area contributed by atoms with Crippen LogP contribution in [0.15, 0.2) is 45.9 Å². The Morgan fingerprint density at radius 1 is 1.24 bits per heavy atom. The number of carbonyl (C=O) groups is 2. The lowest BCUT2D eigenvalue weighted by molar-refractivity contribution is -0.136. The summed E-state index contributed by atoms with van der Waals surface area (Å²) in [6.45, 7) is 1.61. The van der Waals surface area contributed by atoms with Crippen LogP contribution in [0.2, 0.25) is 0 Å². The van der Waals surface area contributed by atoms with Gasteiger partial charge in [0.25, 0.3) is 5.91 Å². The molecule has 1 aromatic heterocycles. The molecule has 0 bridgehead atoms. The number of carbonyl (C=O) groups excluding carboxylic acids is 1. The molecule has 0 spiro atoms. The zero-order valence-electron chi connectivity index (χ0n) is 13.5. The predicted octanol–water partition coefficient (Wildman–Crippen LogP) is 1.27. The largest absolute Gasteiger partial charge is 0.481 e. The highest BCUT2D eigenvalue weighted by Gasteiger charge is 2.18. The minimum absolute atomic E-state index is 0.0106. The highest BCUT2D eigenvalue weighted by Crippen LogP contribution is 2.16. The van der Waals surface area contributed by atoms with Gasteiger partial charge in [0.1, 0.15) is 5.76 Å². The third-order valence-electron chi connectivity index (χ3n) is 3.40. The van der Waals surface area contributed by atoms with Gasteiger partial charge in [-0.15, -0.1) is 0 Å². The average molecular weight is 366 g/mol. The molecular weight excluding hydrogens is 348 g/mol. The molecular formula is C16H18N2O6S. The molecule has 1 heterocycles. The first kappa shape index (κ1) is 18.7. The first-order chi connectivity index (χ1) is 11.8. The van der Waals surface area contributed by atoms with Gasteiger partial charge in [0, 0.05) is 12.1 Å². The highest BCUT2D eigenvalue weighted by atomic mass is 32.2. The third-order valence-corrected chi connectivity index (χ3v) is 4.80. The van der Waals surface area contributed by atoms with Crippen LogP contribution in [0.5, 0.6) is 0 Å².